The van der Waals surface area contributed by atoms with E-state index in [1.165, 1.54) is 173 Å². The molecule has 9 rings (SSSR count). The Bertz CT molecular complexity index is 1820. The van der Waals surface area contributed by atoms with Crippen LogP contribution in [0.4, 0.5) is 0 Å². The molecule has 278 valence electrons. The van der Waals surface area contributed by atoms with Crippen molar-refractivity contribution in [1.82, 2.24) is 0 Å². The molecule has 0 radical (unpaired) electrons. The van der Waals surface area contributed by atoms with Gasteiger partial charge in [-0.25, -0.2) is 0 Å². The molecule has 54 heavy (non-hydrogen) atoms. The van der Waals surface area contributed by atoms with Gasteiger partial charge >= 0.3 is 0 Å². The number of hydrogen-bond acceptors (Lipinski definition) is 0. The van der Waals surface area contributed by atoms with Crippen molar-refractivity contribution in [2.24, 2.45) is 0 Å². The zero-order chi connectivity index (χ0) is 37.8. The van der Waals surface area contributed by atoms with Crippen molar-refractivity contribution < 1.29 is 2.74 Å². The van der Waals surface area contributed by atoms with Crippen LogP contribution in [0.2, 0.25) is 0 Å². The molecular formula is C54H62. The number of benzene rings is 5. The minimum Gasteiger partial charge on any atom is -0.0619 e. The first kappa shape index (κ1) is 33.4. The molecule has 0 nitrogen and oxygen atoms in total. The Morgan fingerprint density at radius 3 is 0.685 bits per heavy atom. The van der Waals surface area contributed by atoms with Crippen LogP contribution in [0.5, 0.6) is 0 Å². The van der Waals surface area contributed by atoms with E-state index < -0.39 is 0 Å². The predicted molar refractivity (Wildman–Crippen MR) is 231 cm³/mol. The molecule has 0 heterocycles. The second-order valence-corrected chi connectivity index (χ2v) is 17.4. The first-order valence-electron chi connectivity index (χ1n) is 23.2. The third-order valence-corrected chi connectivity index (χ3v) is 14.1. The fourth-order valence-electron chi connectivity index (χ4n) is 11.3. The van der Waals surface area contributed by atoms with E-state index in [0.717, 1.165) is 22.3 Å². The second-order valence-electron chi connectivity index (χ2n) is 17.4. The minimum atomic E-state index is 0.486. The molecule has 4 aliphatic rings. The quantitative estimate of drug-likeness (QED) is 0.150. The van der Waals surface area contributed by atoms with Crippen LogP contribution in [0, 0.1) is 0 Å². The van der Waals surface area contributed by atoms with Gasteiger partial charge in [-0.2, -0.15) is 0 Å². The lowest BCUT2D eigenvalue weighted by atomic mass is 9.74. The molecule has 0 N–H and O–H groups in total. The van der Waals surface area contributed by atoms with E-state index in [9.17, 15) is 2.74 Å². The standard InChI is InChI=1S/C54H62/c1-5-21-39(22-6-1)43-29-13-17-33-47(43)51-37-53(49-35-19-15-31-45(49)41-25-9-3-10-26-41)54(50-36-20-16-32-46(50)42-27-11-4-12-28-42)38-52(51)48-34-18-14-30-44(48)40-23-7-2-8-24-40/h13-20,29-42H,1-12,21-28H2/i37D,38D. The zero-order valence-electron chi connectivity index (χ0n) is 34.7. The molecule has 5 aromatic carbocycles. The van der Waals surface area contributed by atoms with Crippen LogP contribution in [0.15, 0.2) is 109 Å². The highest BCUT2D eigenvalue weighted by Crippen LogP contribution is 2.51. The fraction of sp³-hybridized carbons (Fsp3) is 0.444. The molecule has 0 bridgehead atoms. The van der Waals surface area contributed by atoms with Crippen molar-refractivity contribution in [3.63, 3.8) is 0 Å². The third kappa shape index (κ3) is 7.40. The van der Waals surface area contributed by atoms with E-state index in [1.54, 1.807) is 0 Å². The van der Waals surface area contributed by atoms with E-state index in [2.05, 4.69) is 97.1 Å². The molecule has 0 heteroatoms. The maximum absolute atomic E-state index is 10.9. The molecule has 0 saturated heterocycles. The predicted octanol–water partition coefficient (Wildman–Crippen LogP) is 16.5. The summed E-state index contributed by atoms with van der Waals surface area (Å²) in [6.45, 7) is 0. The van der Waals surface area contributed by atoms with Gasteiger partial charge in [0.1, 0.15) is 0 Å². The molecule has 5 aromatic rings. The summed E-state index contributed by atoms with van der Waals surface area (Å²) < 4.78 is 21.7. The van der Waals surface area contributed by atoms with Crippen LogP contribution in [-0.4, -0.2) is 0 Å². The van der Waals surface area contributed by atoms with Gasteiger partial charge < -0.3 is 0 Å². The molecule has 4 saturated carbocycles. The summed E-state index contributed by atoms with van der Waals surface area (Å²) in [4.78, 5) is 0. The summed E-state index contributed by atoms with van der Waals surface area (Å²) >= 11 is 0. The van der Waals surface area contributed by atoms with Crippen LogP contribution < -0.4 is 0 Å². The molecule has 4 aliphatic carbocycles. The zero-order valence-corrected chi connectivity index (χ0v) is 32.7. The summed E-state index contributed by atoms with van der Waals surface area (Å²) in [6.07, 6.45) is 25.0. The molecule has 0 amide bonds. The van der Waals surface area contributed by atoms with Crippen molar-refractivity contribution >= 4 is 0 Å². The SMILES string of the molecule is [2H]c1c(-c2ccccc2C2CCCCC2)c(-c2ccccc2C2CCCCC2)c([2H])c(-c2ccccc2C2CCCCC2)c1-c1ccccc1C1CCCCC1. The van der Waals surface area contributed by atoms with Crippen molar-refractivity contribution in [2.45, 2.75) is 152 Å². The molecule has 0 aliphatic heterocycles. The van der Waals surface area contributed by atoms with Crippen molar-refractivity contribution in [3.8, 4) is 44.5 Å². The maximum atomic E-state index is 10.9. The van der Waals surface area contributed by atoms with E-state index in [-0.39, 0.29) is 0 Å². The lowest BCUT2D eigenvalue weighted by molar-refractivity contribution is 0.444. The molecule has 0 atom stereocenters. The van der Waals surface area contributed by atoms with Crippen molar-refractivity contribution in [2.75, 3.05) is 0 Å². The lowest BCUT2D eigenvalue weighted by Crippen LogP contribution is -2.09. The third-order valence-electron chi connectivity index (χ3n) is 14.1. The van der Waals surface area contributed by atoms with E-state index >= 15 is 0 Å². The highest BCUT2D eigenvalue weighted by atomic mass is 14.3. The molecular weight excluding hydrogens is 649 g/mol. The average molecular weight is 713 g/mol. The van der Waals surface area contributed by atoms with Crippen LogP contribution in [0.3, 0.4) is 0 Å². The average Bonchev–Trinajstić information content (AvgIpc) is 3.28. The molecule has 0 unspecified atom stereocenters. The monoisotopic (exact) mass is 712 g/mol. The lowest BCUT2D eigenvalue weighted by Gasteiger charge is -2.30. The normalized spacial score (nSPS) is 20.1. The van der Waals surface area contributed by atoms with Gasteiger partial charge in [0.2, 0.25) is 0 Å². The van der Waals surface area contributed by atoms with Crippen LogP contribution in [-0.2, 0) is 0 Å². The van der Waals surface area contributed by atoms with E-state index in [0.29, 0.717) is 35.8 Å². The largest absolute Gasteiger partial charge is 0.0636 e. The Morgan fingerprint density at radius 2 is 0.463 bits per heavy atom. The van der Waals surface area contributed by atoms with Crippen LogP contribution in [0.25, 0.3) is 44.5 Å². The van der Waals surface area contributed by atoms with Crippen molar-refractivity contribution in [1.29, 1.82) is 0 Å². The highest BCUT2D eigenvalue weighted by molar-refractivity contribution is 5.97. The van der Waals surface area contributed by atoms with Gasteiger partial charge in [0.15, 0.2) is 0 Å². The van der Waals surface area contributed by atoms with Gasteiger partial charge in [-0.15, -0.1) is 0 Å². The van der Waals surface area contributed by atoms with Gasteiger partial charge in [0, 0.05) is 0 Å². The first-order valence-corrected chi connectivity index (χ1v) is 22.2. The summed E-state index contributed by atoms with van der Waals surface area (Å²) in [6, 6.07) is 37.7. The Balaban J connectivity index is 1.40. The summed E-state index contributed by atoms with van der Waals surface area (Å²) in [5.41, 5.74) is 14.3. The number of rotatable bonds is 8. The van der Waals surface area contributed by atoms with Crippen LogP contribution in [0.1, 0.15) is 177 Å². The first-order chi connectivity index (χ1) is 27.7. The maximum Gasteiger partial charge on any atom is 0.0636 e. The Hall–Kier alpha value is -3.90. The molecule has 0 aromatic heterocycles. The Kier molecular flexibility index (Phi) is 10.4. The highest BCUT2D eigenvalue weighted by Gasteiger charge is 2.28. The number of hydrogen-bond donors (Lipinski definition) is 0. The Morgan fingerprint density at radius 1 is 0.259 bits per heavy atom. The van der Waals surface area contributed by atoms with E-state index in [1.807, 2.05) is 0 Å². The second kappa shape index (κ2) is 16.9. The van der Waals surface area contributed by atoms with Gasteiger partial charge in [-0.3, -0.25) is 0 Å². The van der Waals surface area contributed by atoms with Gasteiger partial charge in [-0.1, -0.05) is 174 Å². The smallest absolute Gasteiger partial charge is 0.0619 e. The van der Waals surface area contributed by atoms with Gasteiger partial charge in [0.05, 0.1) is 2.74 Å². The van der Waals surface area contributed by atoms with Gasteiger partial charge in [-0.05, 0) is 154 Å². The van der Waals surface area contributed by atoms with Gasteiger partial charge in [0.25, 0.3) is 0 Å². The molecule has 4 fully saturated rings. The topological polar surface area (TPSA) is 0 Å². The minimum absolute atomic E-state index is 0.486. The van der Waals surface area contributed by atoms with Crippen LogP contribution >= 0.6 is 0 Å². The van der Waals surface area contributed by atoms with Crippen molar-refractivity contribution in [3.05, 3.63) is 131 Å². The van der Waals surface area contributed by atoms with E-state index in [4.69, 9.17) is 0 Å². The summed E-state index contributed by atoms with van der Waals surface area (Å²) in [5, 5.41) is 0. The Labute approximate surface area is 329 Å². The molecule has 0 spiro atoms. The summed E-state index contributed by atoms with van der Waals surface area (Å²) in [5.74, 6) is 1.94. The summed E-state index contributed by atoms with van der Waals surface area (Å²) in [7, 11) is 0. The fourth-order valence-corrected chi connectivity index (χ4v) is 11.3.